The van der Waals surface area contributed by atoms with Crippen LogP contribution in [0.4, 0.5) is 0 Å². The summed E-state index contributed by atoms with van der Waals surface area (Å²) >= 11 is 0. The van der Waals surface area contributed by atoms with Crippen molar-refractivity contribution in [3.8, 4) is 0 Å². The molecule has 0 aliphatic carbocycles. The van der Waals surface area contributed by atoms with Crippen LogP contribution in [0.25, 0.3) is 0 Å². The molecule has 1 aliphatic heterocycles. The second-order valence-corrected chi connectivity index (χ2v) is 5.75. The van der Waals surface area contributed by atoms with Crippen molar-refractivity contribution in [1.29, 1.82) is 0 Å². The fourth-order valence-corrected chi connectivity index (χ4v) is 2.81. The van der Waals surface area contributed by atoms with E-state index in [0.29, 0.717) is 0 Å². The summed E-state index contributed by atoms with van der Waals surface area (Å²) in [5, 5.41) is 9.34. The molecule has 1 aromatic carbocycles. The van der Waals surface area contributed by atoms with E-state index in [2.05, 4.69) is 0 Å². The molecule has 2 rings (SSSR count). The predicted octanol–water partition coefficient (Wildman–Crippen LogP) is 1.95. The third-order valence-electron chi connectivity index (χ3n) is 2.49. The Hall–Kier alpha value is -1.75. The maximum atomic E-state index is 12.2. The molecule has 0 unspecified atom stereocenters. The average Bonchev–Trinajstić information content (AvgIpc) is 2.29. The Labute approximate surface area is 101 Å². The van der Waals surface area contributed by atoms with Crippen molar-refractivity contribution in [2.24, 2.45) is 0 Å². The van der Waals surface area contributed by atoms with Crippen molar-refractivity contribution in [2.75, 3.05) is 6.54 Å². The lowest BCUT2D eigenvalue weighted by molar-refractivity contribution is 0.361. The van der Waals surface area contributed by atoms with E-state index in [9.17, 15) is 13.5 Å². The number of allylic oxidation sites excluding steroid dienone is 2. The molecular weight excluding hydrogens is 238 g/mol. The molecule has 1 aliphatic rings. The van der Waals surface area contributed by atoms with Gasteiger partial charge in [0.25, 0.3) is 10.0 Å². The summed E-state index contributed by atoms with van der Waals surface area (Å²) in [7, 11) is -3.57. The molecule has 1 N–H and O–H groups in total. The van der Waals surface area contributed by atoms with Crippen LogP contribution < -0.4 is 0 Å². The Balaban J connectivity index is 2.34. The summed E-state index contributed by atoms with van der Waals surface area (Å²) in [6.07, 6.45) is 4.42. The van der Waals surface area contributed by atoms with E-state index >= 15 is 0 Å². The lowest BCUT2D eigenvalue weighted by Gasteiger charge is -2.22. The summed E-state index contributed by atoms with van der Waals surface area (Å²) in [4.78, 5) is 0.224. The van der Waals surface area contributed by atoms with Crippen LogP contribution in [0.1, 0.15) is 5.56 Å². The van der Waals surface area contributed by atoms with Crippen LogP contribution >= 0.6 is 0 Å². The third kappa shape index (κ3) is 2.34. The molecule has 0 fully saturated rings. The molecule has 5 heteroatoms. The second kappa shape index (κ2) is 4.25. The lowest BCUT2D eigenvalue weighted by Crippen LogP contribution is -2.29. The Bertz CT molecular complexity index is 570. The van der Waals surface area contributed by atoms with Crippen molar-refractivity contribution in [3.63, 3.8) is 0 Å². The van der Waals surface area contributed by atoms with Crippen molar-refractivity contribution < 1.29 is 13.5 Å². The lowest BCUT2D eigenvalue weighted by atomic mass is 10.2. The minimum Gasteiger partial charge on any atom is -0.510 e. The number of sulfonamides is 1. The van der Waals surface area contributed by atoms with Crippen molar-refractivity contribution in [2.45, 2.75) is 11.8 Å². The normalized spacial score (nSPS) is 15.8. The van der Waals surface area contributed by atoms with Gasteiger partial charge in [-0.15, -0.1) is 0 Å². The van der Waals surface area contributed by atoms with Gasteiger partial charge < -0.3 is 5.11 Å². The standard InChI is InChI=1S/C12H13NO3S/c1-10-4-6-12(7-5-10)17(15,16)13-8-2-3-11(14)9-13/h2-8,14H,9H2,1H3. The average molecular weight is 251 g/mol. The molecular formula is C12H13NO3S. The zero-order valence-corrected chi connectivity index (χ0v) is 10.2. The van der Waals surface area contributed by atoms with Crippen LogP contribution in [-0.4, -0.2) is 24.4 Å². The van der Waals surface area contributed by atoms with Gasteiger partial charge in [-0.3, -0.25) is 4.31 Å². The number of aryl methyl sites for hydroxylation is 1. The number of rotatable bonds is 2. The second-order valence-electron chi connectivity index (χ2n) is 3.86. The summed E-state index contributed by atoms with van der Waals surface area (Å²) in [6.45, 7) is 1.87. The van der Waals surface area contributed by atoms with Crippen LogP contribution in [0.5, 0.6) is 0 Å². The minimum atomic E-state index is -3.57. The van der Waals surface area contributed by atoms with Gasteiger partial charge in [-0.25, -0.2) is 8.42 Å². The molecule has 0 aromatic heterocycles. The van der Waals surface area contributed by atoms with Crippen LogP contribution in [0.3, 0.4) is 0 Å². The largest absolute Gasteiger partial charge is 0.510 e. The highest BCUT2D eigenvalue weighted by Gasteiger charge is 2.23. The number of aliphatic hydroxyl groups excluding tert-OH is 1. The Morgan fingerprint density at radius 1 is 1.24 bits per heavy atom. The van der Waals surface area contributed by atoms with Crippen LogP contribution in [-0.2, 0) is 10.0 Å². The maximum absolute atomic E-state index is 12.2. The van der Waals surface area contributed by atoms with Gasteiger partial charge in [0.05, 0.1) is 11.4 Å². The SMILES string of the molecule is Cc1ccc(S(=O)(=O)N2C=CC=C(O)C2)cc1. The van der Waals surface area contributed by atoms with Crippen molar-refractivity contribution in [3.05, 3.63) is 53.9 Å². The van der Waals surface area contributed by atoms with Gasteiger partial charge in [-0.2, -0.15) is 0 Å². The minimum absolute atomic E-state index is 0.0211. The van der Waals surface area contributed by atoms with Crippen LogP contribution in [0, 0.1) is 6.92 Å². The molecule has 0 saturated carbocycles. The molecule has 0 bridgehead atoms. The van der Waals surface area contributed by atoms with E-state index in [1.807, 2.05) is 6.92 Å². The first-order chi connectivity index (χ1) is 8.00. The number of hydrogen-bond donors (Lipinski definition) is 1. The maximum Gasteiger partial charge on any atom is 0.264 e. The highest BCUT2D eigenvalue weighted by atomic mass is 32.2. The van der Waals surface area contributed by atoms with E-state index in [4.69, 9.17) is 0 Å². The molecule has 0 radical (unpaired) electrons. The van der Waals surface area contributed by atoms with Gasteiger partial charge in [0.15, 0.2) is 0 Å². The predicted molar refractivity (Wildman–Crippen MR) is 64.9 cm³/mol. The molecule has 4 nitrogen and oxygen atoms in total. The monoisotopic (exact) mass is 251 g/mol. The zero-order valence-electron chi connectivity index (χ0n) is 9.37. The van der Waals surface area contributed by atoms with Gasteiger partial charge in [-0.1, -0.05) is 17.7 Å². The highest BCUT2D eigenvalue weighted by molar-refractivity contribution is 7.89. The van der Waals surface area contributed by atoms with Gasteiger partial charge >= 0.3 is 0 Å². The first-order valence-corrected chi connectivity index (χ1v) is 6.59. The first-order valence-electron chi connectivity index (χ1n) is 5.15. The molecule has 0 spiro atoms. The van der Waals surface area contributed by atoms with Gasteiger partial charge in [0.1, 0.15) is 5.76 Å². The van der Waals surface area contributed by atoms with Gasteiger partial charge in [0, 0.05) is 6.20 Å². The van der Waals surface area contributed by atoms with Gasteiger partial charge in [-0.05, 0) is 31.2 Å². The number of hydrogen-bond acceptors (Lipinski definition) is 3. The molecule has 90 valence electrons. The topological polar surface area (TPSA) is 57.6 Å². The molecule has 1 aromatic rings. The van der Waals surface area contributed by atoms with E-state index < -0.39 is 10.0 Å². The Morgan fingerprint density at radius 2 is 1.88 bits per heavy atom. The van der Waals surface area contributed by atoms with Gasteiger partial charge in [0.2, 0.25) is 0 Å². The molecule has 1 heterocycles. The van der Waals surface area contributed by atoms with E-state index in [-0.39, 0.29) is 17.2 Å². The quantitative estimate of drug-likeness (QED) is 0.874. The fraction of sp³-hybridized carbons (Fsp3) is 0.167. The van der Waals surface area contributed by atoms with Crippen molar-refractivity contribution in [1.82, 2.24) is 4.31 Å². The highest BCUT2D eigenvalue weighted by Crippen LogP contribution is 2.19. The number of aliphatic hydroxyl groups is 1. The van der Waals surface area contributed by atoms with E-state index in [1.54, 1.807) is 24.3 Å². The van der Waals surface area contributed by atoms with E-state index in [1.165, 1.54) is 18.4 Å². The number of benzene rings is 1. The van der Waals surface area contributed by atoms with Crippen LogP contribution in [0.15, 0.2) is 53.3 Å². The molecule has 0 saturated heterocycles. The third-order valence-corrected chi connectivity index (χ3v) is 4.22. The number of nitrogens with zero attached hydrogens (tertiary/aromatic N) is 1. The summed E-state index contributed by atoms with van der Waals surface area (Å²) in [5.74, 6) is 0.0307. The van der Waals surface area contributed by atoms with Crippen molar-refractivity contribution >= 4 is 10.0 Å². The first kappa shape index (κ1) is 11.7. The summed E-state index contributed by atoms with van der Waals surface area (Å²) in [6, 6.07) is 6.62. The van der Waals surface area contributed by atoms with Crippen LogP contribution in [0.2, 0.25) is 0 Å². The smallest absolute Gasteiger partial charge is 0.264 e. The molecule has 17 heavy (non-hydrogen) atoms. The van der Waals surface area contributed by atoms with E-state index in [0.717, 1.165) is 9.87 Å². The Kier molecular flexibility index (Phi) is 2.93. The zero-order chi connectivity index (χ0) is 12.5. The summed E-state index contributed by atoms with van der Waals surface area (Å²) in [5.41, 5.74) is 1.00. The Morgan fingerprint density at radius 3 is 2.47 bits per heavy atom. The molecule has 0 amide bonds. The summed E-state index contributed by atoms with van der Waals surface area (Å²) < 4.78 is 25.5. The molecule has 0 atom stereocenters. The fourth-order valence-electron chi connectivity index (χ4n) is 1.53.